The molecule has 0 bridgehead atoms. The lowest BCUT2D eigenvalue weighted by atomic mass is 10.1. The molecule has 156 valence electrons. The Morgan fingerprint density at radius 3 is 2.39 bits per heavy atom. The van der Waals surface area contributed by atoms with Crippen LogP contribution in [-0.2, 0) is 0 Å². The average Bonchev–Trinajstić information content (AvgIpc) is 3.45. The largest absolute Gasteiger partial charge is 0.497 e. The molecule has 2 heterocycles. The zero-order valence-electron chi connectivity index (χ0n) is 16.8. The summed E-state index contributed by atoms with van der Waals surface area (Å²) in [4.78, 5) is 25.1. The summed E-state index contributed by atoms with van der Waals surface area (Å²) in [6.07, 6.45) is 0. The number of hydrazine groups is 1. The molecule has 0 atom stereocenters. The zero-order chi connectivity index (χ0) is 21.8. The van der Waals surface area contributed by atoms with Gasteiger partial charge in [0.2, 0.25) is 0 Å². The van der Waals surface area contributed by atoms with Gasteiger partial charge in [0.1, 0.15) is 28.5 Å². The van der Waals surface area contributed by atoms with E-state index in [4.69, 9.17) is 9.26 Å². The molecule has 0 saturated heterocycles. The highest BCUT2D eigenvalue weighted by Crippen LogP contribution is 2.25. The number of hydrogen-bond donors (Lipinski definition) is 3. The molecule has 9 nitrogen and oxygen atoms in total. The Bertz CT molecular complexity index is 1210. The molecule has 0 spiro atoms. The highest BCUT2D eigenvalue weighted by Gasteiger charge is 2.22. The van der Waals surface area contributed by atoms with Crippen LogP contribution in [0, 0.1) is 6.92 Å². The molecule has 0 aliphatic rings. The van der Waals surface area contributed by atoms with Gasteiger partial charge in [0, 0.05) is 11.1 Å². The molecule has 31 heavy (non-hydrogen) atoms. The fourth-order valence-electron chi connectivity index (χ4n) is 3.02. The Morgan fingerprint density at radius 2 is 1.68 bits per heavy atom. The van der Waals surface area contributed by atoms with Crippen LogP contribution in [0.4, 0.5) is 0 Å². The van der Waals surface area contributed by atoms with Crippen LogP contribution in [0.15, 0.2) is 65.2 Å². The third-order valence-corrected chi connectivity index (χ3v) is 4.63. The lowest BCUT2D eigenvalue weighted by molar-refractivity contribution is 0.0843. The number of aromatic nitrogens is 3. The molecule has 9 heteroatoms. The smallest absolute Gasteiger partial charge is 0.287 e. The molecule has 3 N–H and O–H groups in total. The number of nitrogens with zero attached hydrogens (tertiary/aromatic N) is 2. The molecule has 2 aromatic heterocycles. The van der Waals surface area contributed by atoms with E-state index >= 15 is 0 Å². The van der Waals surface area contributed by atoms with E-state index in [-0.39, 0.29) is 11.3 Å². The van der Waals surface area contributed by atoms with E-state index in [9.17, 15) is 9.59 Å². The number of nitrogens with one attached hydrogen (secondary N) is 3. The van der Waals surface area contributed by atoms with E-state index in [1.54, 1.807) is 32.2 Å². The molecule has 0 aliphatic heterocycles. The highest BCUT2D eigenvalue weighted by molar-refractivity contribution is 6.02. The summed E-state index contributed by atoms with van der Waals surface area (Å²) >= 11 is 0. The van der Waals surface area contributed by atoms with Crippen molar-refractivity contribution in [3.05, 3.63) is 77.7 Å². The van der Waals surface area contributed by atoms with Crippen LogP contribution in [0.3, 0.4) is 0 Å². The van der Waals surface area contributed by atoms with Gasteiger partial charge in [0.25, 0.3) is 11.8 Å². The molecule has 0 radical (unpaired) electrons. The molecule has 0 fully saturated rings. The molecule has 0 aliphatic carbocycles. The van der Waals surface area contributed by atoms with Gasteiger partial charge in [-0.3, -0.25) is 25.5 Å². The summed E-state index contributed by atoms with van der Waals surface area (Å²) in [6.45, 7) is 1.63. The van der Waals surface area contributed by atoms with E-state index in [1.807, 2.05) is 42.5 Å². The maximum Gasteiger partial charge on any atom is 0.287 e. The Balaban J connectivity index is 1.44. The quantitative estimate of drug-likeness (QED) is 0.429. The molecule has 2 aromatic carbocycles. The van der Waals surface area contributed by atoms with Crippen LogP contribution < -0.4 is 15.6 Å². The number of carbonyl (C=O) groups is 2. The van der Waals surface area contributed by atoms with Gasteiger partial charge in [-0.1, -0.05) is 35.5 Å². The van der Waals surface area contributed by atoms with E-state index in [0.717, 1.165) is 16.9 Å². The lowest BCUT2D eigenvalue weighted by Crippen LogP contribution is -2.42. The van der Waals surface area contributed by atoms with Gasteiger partial charge in [0.05, 0.1) is 12.8 Å². The minimum atomic E-state index is -0.545. The number of ether oxygens (including phenoxy) is 1. The summed E-state index contributed by atoms with van der Waals surface area (Å²) < 4.78 is 10.3. The SMILES string of the molecule is COc1ccc(-c2cc(C(=O)NNC(=O)c3c(-c4ccccc4)noc3C)[nH]n2)cc1. The molecular formula is C22H19N5O4. The van der Waals surface area contributed by atoms with Gasteiger partial charge in [0.15, 0.2) is 0 Å². The lowest BCUT2D eigenvalue weighted by Gasteiger charge is -2.06. The standard InChI is InChI=1S/C22H19N5O4/c1-13-19(20(27-31-13)15-6-4-3-5-7-15)22(29)26-25-21(28)18-12-17(23-24-18)14-8-10-16(30-2)11-9-14/h3-12H,1-2H3,(H,23,24)(H,25,28)(H,26,29). The first-order valence-corrected chi connectivity index (χ1v) is 9.39. The predicted molar refractivity (Wildman–Crippen MR) is 112 cm³/mol. The predicted octanol–water partition coefficient (Wildman–Crippen LogP) is 3.12. The maximum atomic E-state index is 12.7. The minimum absolute atomic E-state index is 0.191. The van der Waals surface area contributed by atoms with Gasteiger partial charge in [-0.15, -0.1) is 0 Å². The maximum absolute atomic E-state index is 12.7. The van der Waals surface area contributed by atoms with Crippen molar-refractivity contribution in [2.45, 2.75) is 6.92 Å². The van der Waals surface area contributed by atoms with Crippen LogP contribution in [-0.4, -0.2) is 34.3 Å². The van der Waals surface area contributed by atoms with Gasteiger partial charge in [-0.05, 0) is 37.3 Å². The Kier molecular flexibility index (Phi) is 5.48. The normalized spacial score (nSPS) is 10.5. The monoisotopic (exact) mass is 417 g/mol. The van der Waals surface area contributed by atoms with Crippen molar-refractivity contribution in [3.63, 3.8) is 0 Å². The number of carbonyl (C=O) groups excluding carboxylic acids is 2. The second-order valence-electron chi connectivity index (χ2n) is 6.63. The number of methoxy groups -OCH3 is 1. The van der Waals surface area contributed by atoms with Gasteiger partial charge < -0.3 is 9.26 Å². The highest BCUT2D eigenvalue weighted by atomic mass is 16.5. The summed E-state index contributed by atoms with van der Waals surface area (Å²) in [5.41, 5.74) is 7.73. The zero-order valence-corrected chi connectivity index (χ0v) is 16.8. The topological polar surface area (TPSA) is 122 Å². The number of rotatable bonds is 5. The Morgan fingerprint density at radius 1 is 0.968 bits per heavy atom. The van der Waals surface area contributed by atoms with Crippen LogP contribution in [0.25, 0.3) is 22.5 Å². The number of aromatic amines is 1. The first kappa shape index (κ1) is 19.9. The first-order valence-electron chi connectivity index (χ1n) is 9.39. The first-order chi connectivity index (χ1) is 15.1. The molecule has 0 saturated carbocycles. The summed E-state index contributed by atoms with van der Waals surface area (Å²) in [7, 11) is 1.59. The molecule has 0 unspecified atom stereocenters. The van der Waals surface area contributed by atoms with Crippen LogP contribution in [0.2, 0.25) is 0 Å². The number of hydrogen-bond acceptors (Lipinski definition) is 6. The summed E-state index contributed by atoms with van der Waals surface area (Å²) in [5, 5.41) is 10.8. The molecule has 2 amide bonds. The second kappa shape index (κ2) is 8.54. The number of benzene rings is 2. The van der Waals surface area contributed by atoms with Crippen molar-refractivity contribution in [1.29, 1.82) is 0 Å². The van der Waals surface area contributed by atoms with E-state index in [2.05, 4.69) is 26.2 Å². The van der Waals surface area contributed by atoms with Gasteiger partial charge in [-0.25, -0.2) is 0 Å². The van der Waals surface area contributed by atoms with Crippen molar-refractivity contribution < 1.29 is 18.8 Å². The Hall–Kier alpha value is -4.40. The van der Waals surface area contributed by atoms with Gasteiger partial charge >= 0.3 is 0 Å². The van der Waals surface area contributed by atoms with E-state index in [0.29, 0.717) is 17.1 Å². The summed E-state index contributed by atoms with van der Waals surface area (Å²) in [6, 6.07) is 18.0. The van der Waals surface area contributed by atoms with Gasteiger partial charge in [-0.2, -0.15) is 5.10 Å². The van der Waals surface area contributed by atoms with Crippen LogP contribution >= 0.6 is 0 Å². The fraction of sp³-hybridized carbons (Fsp3) is 0.0909. The van der Waals surface area contributed by atoms with E-state index < -0.39 is 11.8 Å². The van der Waals surface area contributed by atoms with Crippen molar-refractivity contribution in [1.82, 2.24) is 26.2 Å². The average molecular weight is 417 g/mol. The van der Waals surface area contributed by atoms with Crippen molar-refractivity contribution in [2.75, 3.05) is 7.11 Å². The fourth-order valence-corrected chi connectivity index (χ4v) is 3.02. The third kappa shape index (κ3) is 4.15. The van der Waals surface area contributed by atoms with Crippen molar-refractivity contribution in [3.8, 4) is 28.3 Å². The van der Waals surface area contributed by atoms with E-state index in [1.165, 1.54) is 0 Å². The summed E-state index contributed by atoms with van der Waals surface area (Å²) in [5.74, 6) is -0.0235. The number of aryl methyl sites for hydroxylation is 1. The van der Waals surface area contributed by atoms with Crippen molar-refractivity contribution >= 4 is 11.8 Å². The van der Waals surface area contributed by atoms with Crippen LogP contribution in [0.5, 0.6) is 5.75 Å². The third-order valence-electron chi connectivity index (χ3n) is 4.63. The minimum Gasteiger partial charge on any atom is -0.497 e. The molecule has 4 rings (SSSR count). The van der Waals surface area contributed by atoms with Crippen LogP contribution in [0.1, 0.15) is 26.6 Å². The molecule has 4 aromatic rings. The van der Waals surface area contributed by atoms with Crippen molar-refractivity contribution in [2.24, 2.45) is 0 Å². The number of amides is 2. The number of H-pyrrole nitrogens is 1. The molecular weight excluding hydrogens is 398 g/mol. The Labute approximate surface area is 177 Å². The second-order valence-corrected chi connectivity index (χ2v) is 6.63.